The van der Waals surface area contributed by atoms with Gasteiger partial charge in [-0.2, -0.15) is 0 Å². The number of hydrogen-bond donors (Lipinski definition) is 0. The van der Waals surface area contributed by atoms with Crippen LogP contribution < -0.4 is 0 Å². The van der Waals surface area contributed by atoms with Gasteiger partial charge < -0.3 is 9.30 Å². The third kappa shape index (κ3) is 1.93. The van der Waals surface area contributed by atoms with E-state index in [-0.39, 0.29) is 5.97 Å². The molecule has 0 fully saturated rings. The number of benzene rings is 1. The first kappa shape index (κ1) is 12.0. The molecule has 1 aliphatic rings. The molecular weight excluding hydrogens is 240 g/mol. The molecule has 0 spiro atoms. The minimum Gasteiger partial charge on any atom is -0.461 e. The van der Waals surface area contributed by atoms with Crippen molar-refractivity contribution >= 4 is 5.97 Å². The van der Waals surface area contributed by atoms with Crippen LogP contribution in [-0.4, -0.2) is 22.1 Å². The Labute approximate surface area is 112 Å². The van der Waals surface area contributed by atoms with Crippen LogP contribution in [0.5, 0.6) is 0 Å². The van der Waals surface area contributed by atoms with Crippen LogP contribution in [0.15, 0.2) is 24.5 Å². The Kier molecular flexibility index (Phi) is 2.85. The van der Waals surface area contributed by atoms with Crippen molar-refractivity contribution in [2.24, 2.45) is 0 Å². The maximum atomic E-state index is 11.9. The highest BCUT2D eigenvalue weighted by molar-refractivity contribution is 5.89. The molecule has 2 aromatic rings. The first-order chi connectivity index (χ1) is 9.20. The van der Waals surface area contributed by atoms with Crippen LogP contribution in [0, 0.1) is 6.92 Å². The van der Waals surface area contributed by atoms with Crippen molar-refractivity contribution < 1.29 is 9.53 Å². The Bertz CT molecular complexity index is 644. The summed E-state index contributed by atoms with van der Waals surface area (Å²) in [7, 11) is 0. The molecule has 0 bridgehead atoms. The molecule has 0 saturated heterocycles. The third-order valence-corrected chi connectivity index (χ3v) is 3.47. The summed E-state index contributed by atoms with van der Waals surface area (Å²) in [5.41, 5.74) is 5.04. The lowest BCUT2D eigenvalue weighted by Crippen LogP contribution is -2.15. The lowest BCUT2D eigenvalue weighted by Gasteiger charge is -2.19. The second-order valence-electron chi connectivity index (χ2n) is 4.76. The number of esters is 1. The van der Waals surface area contributed by atoms with E-state index in [1.807, 2.05) is 4.57 Å². The zero-order valence-corrected chi connectivity index (χ0v) is 11.1. The van der Waals surface area contributed by atoms with Crippen molar-refractivity contribution in [2.45, 2.75) is 26.7 Å². The molecule has 19 heavy (non-hydrogen) atoms. The molecule has 3 rings (SSSR count). The molecular formula is C15H16N2O2. The number of hydrogen-bond acceptors (Lipinski definition) is 3. The van der Waals surface area contributed by atoms with E-state index in [1.54, 1.807) is 13.3 Å². The second-order valence-corrected chi connectivity index (χ2v) is 4.76. The van der Waals surface area contributed by atoms with Crippen LogP contribution in [0.25, 0.3) is 5.69 Å². The summed E-state index contributed by atoms with van der Waals surface area (Å²) in [6.07, 6.45) is 3.48. The predicted molar refractivity (Wildman–Crippen MR) is 71.7 cm³/mol. The van der Waals surface area contributed by atoms with Gasteiger partial charge in [-0.05, 0) is 43.9 Å². The number of aryl methyl sites for hydroxylation is 2. The Morgan fingerprint density at radius 3 is 3.05 bits per heavy atom. The normalized spacial score (nSPS) is 12.7. The number of aromatic nitrogens is 2. The molecule has 0 N–H and O–H groups in total. The van der Waals surface area contributed by atoms with E-state index in [0.717, 1.165) is 24.2 Å². The molecule has 1 aromatic carbocycles. The van der Waals surface area contributed by atoms with Crippen molar-refractivity contribution in [3.63, 3.8) is 0 Å². The summed E-state index contributed by atoms with van der Waals surface area (Å²) in [5, 5.41) is 0. The minimum absolute atomic E-state index is 0.327. The maximum Gasteiger partial charge on any atom is 0.358 e. The van der Waals surface area contributed by atoms with Crippen molar-refractivity contribution in [1.29, 1.82) is 0 Å². The number of nitrogens with zero attached hydrogens (tertiary/aromatic N) is 2. The zero-order valence-electron chi connectivity index (χ0n) is 11.1. The van der Waals surface area contributed by atoms with Crippen molar-refractivity contribution in [3.05, 3.63) is 47.0 Å². The largest absolute Gasteiger partial charge is 0.461 e. The second kappa shape index (κ2) is 4.53. The van der Waals surface area contributed by atoms with E-state index in [9.17, 15) is 4.79 Å². The molecule has 0 atom stereocenters. The van der Waals surface area contributed by atoms with E-state index in [1.165, 1.54) is 11.1 Å². The molecule has 4 nitrogen and oxygen atoms in total. The standard InChI is InChI=1S/C15H16N2O2/c1-3-19-15(18)14-12-7-6-11-5-4-10(2)8-13(11)17(12)9-16-14/h4-5,8-9H,3,6-7H2,1-2H3. The number of fused-ring (bicyclic) bond motifs is 3. The Hall–Kier alpha value is -2.10. The first-order valence-electron chi connectivity index (χ1n) is 6.54. The zero-order chi connectivity index (χ0) is 13.4. The first-order valence-corrected chi connectivity index (χ1v) is 6.54. The van der Waals surface area contributed by atoms with Crippen molar-refractivity contribution in [1.82, 2.24) is 9.55 Å². The van der Waals surface area contributed by atoms with E-state index in [2.05, 4.69) is 30.1 Å². The lowest BCUT2D eigenvalue weighted by molar-refractivity contribution is 0.0518. The predicted octanol–water partition coefficient (Wildman–Crippen LogP) is 2.46. The number of carbonyl (C=O) groups is 1. The van der Waals surface area contributed by atoms with E-state index >= 15 is 0 Å². The molecule has 0 amide bonds. The molecule has 0 aliphatic carbocycles. The van der Waals surface area contributed by atoms with Gasteiger partial charge in [-0.1, -0.05) is 12.1 Å². The van der Waals surface area contributed by atoms with Gasteiger partial charge in [0.2, 0.25) is 0 Å². The summed E-state index contributed by atoms with van der Waals surface area (Å²) in [6, 6.07) is 6.40. The van der Waals surface area contributed by atoms with Crippen LogP contribution in [0.3, 0.4) is 0 Å². The molecule has 1 aromatic heterocycles. The SMILES string of the molecule is CCOC(=O)c1ncn2c1CCc1ccc(C)cc1-2. The third-order valence-electron chi connectivity index (χ3n) is 3.47. The maximum absolute atomic E-state index is 11.9. The van der Waals surface area contributed by atoms with Crippen LogP contribution in [0.4, 0.5) is 0 Å². The van der Waals surface area contributed by atoms with Gasteiger partial charge in [0.25, 0.3) is 0 Å². The molecule has 1 aliphatic heterocycles. The van der Waals surface area contributed by atoms with Crippen molar-refractivity contribution in [3.8, 4) is 5.69 Å². The fraction of sp³-hybridized carbons (Fsp3) is 0.333. The molecule has 98 valence electrons. The average Bonchev–Trinajstić information content (AvgIpc) is 2.83. The summed E-state index contributed by atoms with van der Waals surface area (Å²) in [5.74, 6) is -0.327. The minimum atomic E-state index is -0.327. The number of rotatable bonds is 2. The fourth-order valence-electron chi connectivity index (χ4n) is 2.55. The monoisotopic (exact) mass is 256 g/mol. The smallest absolute Gasteiger partial charge is 0.358 e. The summed E-state index contributed by atoms with van der Waals surface area (Å²) in [4.78, 5) is 16.1. The van der Waals surface area contributed by atoms with Gasteiger partial charge in [0.15, 0.2) is 5.69 Å². The molecule has 0 saturated carbocycles. The summed E-state index contributed by atoms with van der Waals surface area (Å²) >= 11 is 0. The summed E-state index contributed by atoms with van der Waals surface area (Å²) in [6.45, 7) is 4.25. The molecule has 0 radical (unpaired) electrons. The Balaban J connectivity index is 2.09. The van der Waals surface area contributed by atoms with Crippen LogP contribution in [0.1, 0.15) is 34.2 Å². The molecule has 2 heterocycles. The highest BCUT2D eigenvalue weighted by atomic mass is 16.5. The quantitative estimate of drug-likeness (QED) is 0.775. The highest BCUT2D eigenvalue weighted by Gasteiger charge is 2.24. The van der Waals surface area contributed by atoms with Gasteiger partial charge in [-0.3, -0.25) is 0 Å². The van der Waals surface area contributed by atoms with Gasteiger partial charge in [0.05, 0.1) is 18.0 Å². The van der Waals surface area contributed by atoms with Gasteiger partial charge in [0.1, 0.15) is 6.33 Å². The van der Waals surface area contributed by atoms with E-state index < -0.39 is 0 Å². The van der Waals surface area contributed by atoms with E-state index in [0.29, 0.717) is 12.3 Å². The van der Waals surface area contributed by atoms with Gasteiger partial charge in [-0.25, -0.2) is 9.78 Å². The van der Waals surface area contributed by atoms with E-state index in [4.69, 9.17) is 4.74 Å². The van der Waals surface area contributed by atoms with Crippen LogP contribution in [-0.2, 0) is 17.6 Å². The summed E-state index contributed by atoms with van der Waals surface area (Å²) < 4.78 is 7.06. The number of ether oxygens (including phenoxy) is 1. The molecule has 0 unspecified atom stereocenters. The highest BCUT2D eigenvalue weighted by Crippen LogP contribution is 2.27. The topological polar surface area (TPSA) is 44.1 Å². The fourth-order valence-corrected chi connectivity index (χ4v) is 2.55. The number of carbonyl (C=O) groups excluding carboxylic acids is 1. The average molecular weight is 256 g/mol. The van der Waals surface area contributed by atoms with Crippen LogP contribution >= 0.6 is 0 Å². The number of imidazole rings is 1. The van der Waals surface area contributed by atoms with Gasteiger partial charge >= 0.3 is 5.97 Å². The Morgan fingerprint density at radius 1 is 1.42 bits per heavy atom. The van der Waals surface area contributed by atoms with Crippen LogP contribution in [0.2, 0.25) is 0 Å². The van der Waals surface area contributed by atoms with Gasteiger partial charge in [0, 0.05) is 0 Å². The Morgan fingerprint density at radius 2 is 2.26 bits per heavy atom. The van der Waals surface area contributed by atoms with Gasteiger partial charge in [-0.15, -0.1) is 0 Å². The lowest BCUT2D eigenvalue weighted by atomic mass is 9.99. The molecule has 4 heteroatoms. The van der Waals surface area contributed by atoms with Crippen molar-refractivity contribution in [2.75, 3.05) is 6.61 Å².